The van der Waals surface area contributed by atoms with E-state index in [4.69, 9.17) is 9.47 Å². The summed E-state index contributed by atoms with van der Waals surface area (Å²) in [6, 6.07) is 12.7. The van der Waals surface area contributed by atoms with Crippen molar-refractivity contribution in [3.8, 4) is 0 Å². The number of ether oxygens (including phenoxy) is 2. The first-order valence-corrected chi connectivity index (χ1v) is 8.81. The van der Waals surface area contributed by atoms with Gasteiger partial charge in [-0.05, 0) is 36.4 Å². The second-order valence-electron chi connectivity index (χ2n) is 6.10. The summed E-state index contributed by atoms with van der Waals surface area (Å²) < 4.78 is 9.96. The zero-order valence-electron chi connectivity index (χ0n) is 15.4. The smallest absolute Gasteiger partial charge is 0.339 e. The van der Waals surface area contributed by atoms with Crippen LogP contribution in [0, 0.1) is 0 Å². The molecule has 3 rings (SSSR count). The van der Waals surface area contributed by atoms with Crippen LogP contribution in [-0.2, 0) is 9.47 Å². The van der Waals surface area contributed by atoms with Crippen LogP contribution in [0.5, 0.6) is 0 Å². The third kappa shape index (κ3) is 4.66. The van der Waals surface area contributed by atoms with Gasteiger partial charge in [0.2, 0.25) is 0 Å². The molecule has 28 heavy (non-hydrogen) atoms. The van der Waals surface area contributed by atoms with Crippen molar-refractivity contribution in [1.29, 1.82) is 0 Å². The molecule has 0 radical (unpaired) electrons. The number of hydrogen-bond donors (Lipinski definition) is 2. The molecule has 146 valence electrons. The molecule has 8 heteroatoms. The zero-order chi connectivity index (χ0) is 19.9. The van der Waals surface area contributed by atoms with Crippen molar-refractivity contribution in [1.82, 2.24) is 4.90 Å². The van der Waals surface area contributed by atoms with Crippen LogP contribution >= 0.6 is 0 Å². The number of nitrogens with one attached hydrogen (secondary N) is 2. The molecule has 0 atom stereocenters. The largest absolute Gasteiger partial charge is 0.465 e. The Hall–Kier alpha value is -3.39. The molecule has 8 nitrogen and oxygen atoms in total. The van der Waals surface area contributed by atoms with Crippen molar-refractivity contribution in [3.63, 3.8) is 0 Å². The number of amides is 3. The molecule has 0 bridgehead atoms. The molecule has 0 aromatic heterocycles. The van der Waals surface area contributed by atoms with Crippen molar-refractivity contribution in [2.24, 2.45) is 0 Å². The Kier molecular flexibility index (Phi) is 6.23. The minimum Gasteiger partial charge on any atom is -0.465 e. The number of carbonyl (C=O) groups is 3. The molecule has 2 aromatic carbocycles. The van der Waals surface area contributed by atoms with Crippen LogP contribution in [0.3, 0.4) is 0 Å². The Morgan fingerprint density at radius 3 is 2.32 bits per heavy atom. The lowest BCUT2D eigenvalue weighted by atomic mass is 10.1. The average Bonchev–Trinajstić information content (AvgIpc) is 2.74. The number of morpholine rings is 1. The van der Waals surface area contributed by atoms with Crippen LogP contribution in [0.15, 0.2) is 48.5 Å². The van der Waals surface area contributed by atoms with Gasteiger partial charge >= 0.3 is 12.0 Å². The van der Waals surface area contributed by atoms with Gasteiger partial charge in [0.1, 0.15) is 0 Å². The number of carbonyl (C=O) groups excluding carboxylic acids is 3. The third-order valence-electron chi connectivity index (χ3n) is 4.27. The Morgan fingerprint density at radius 1 is 0.964 bits per heavy atom. The maximum Gasteiger partial charge on any atom is 0.339 e. The second kappa shape index (κ2) is 9.01. The number of rotatable bonds is 4. The number of benzene rings is 2. The first kappa shape index (κ1) is 19.4. The van der Waals surface area contributed by atoms with E-state index in [-0.39, 0.29) is 11.5 Å². The average molecular weight is 383 g/mol. The highest BCUT2D eigenvalue weighted by Crippen LogP contribution is 2.17. The Balaban J connectivity index is 1.62. The van der Waals surface area contributed by atoms with E-state index in [1.54, 1.807) is 53.4 Å². The van der Waals surface area contributed by atoms with Crippen molar-refractivity contribution >= 4 is 29.3 Å². The summed E-state index contributed by atoms with van der Waals surface area (Å²) in [7, 11) is 1.28. The fourth-order valence-electron chi connectivity index (χ4n) is 2.81. The summed E-state index contributed by atoms with van der Waals surface area (Å²) >= 11 is 0. The number of urea groups is 1. The lowest BCUT2D eigenvalue weighted by Gasteiger charge is -2.26. The SMILES string of the molecule is COC(=O)c1ccccc1NC(=O)Nc1ccc(C(=O)N2CCOCC2)cc1. The third-order valence-corrected chi connectivity index (χ3v) is 4.27. The van der Waals surface area contributed by atoms with Gasteiger partial charge in [0.15, 0.2) is 0 Å². The summed E-state index contributed by atoms with van der Waals surface area (Å²) in [5.41, 5.74) is 1.66. The van der Waals surface area contributed by atoms with Gasteiger partial charge in [-0.25, -0.2) is 9.59 Å². The summed E-state index contributed by atoms with van der Waals surface area (Å²) in [6.07, 6.45) is 0. The van der Waals surface area contributed by atoms with Gasteiger partial charge in [-0.1, -0.05) is 12.1 Å². The van der Waals surface area contributed by atoms with Crippen LogP contribution in [0.2, 0.25) is 0 Å². The predicted molar refractivity (Wildman–Crippen MR) is 104 cm³/mol. The first-order chi connectivity index (χ1) is 13.6. The minimum absolute atomic E-state index is 0.0636. The monoisotopic (exact) mass is 383 g/mol. The van der Waals surface area contributed by atoms with E-state index in [1.807, 2.05) is 0 Å². The normalized spacial score (nSPS) is 13.5. The fourth-order valence-corrected chi connectivity index (χ4v) is 2.81. The van der Waals surface area contributed by atoms with Gasteiger partial charge in [-0.15, -0.1) is 0 Å². The number of anilines is 2. The second-order valence-corrected chi connectivity index (χ2v) is 6.10. The lowest BCUT2D eigenvalue weighted by molar-refractivity contribution is 0.0303. The standard InChI is InChI=1S/C20H21N3O5/c1-27-19(25)16-4-2-3-5-17(16)22-20(26)21-15-8-6-14(7-9-15)18(24)23-10-12-28-13-11-23/h2-9H,10-13H2,1H3,(H2,21,22,26). The van der Waals surface area contributed by atoms with Crippen molar-refractivity contribution < 1.29 is 23.9 Å². The lowest BCUT2D eigenvalue weighted by Crippen LogP contribution is -2.40. The number of para-hydroxylation sites is 1. The van der Waals surface area contributed by atoms with Gasteiger partial charge in [-0.2, -0.15) is 0 Å². The van der Waals surface area contributed by atoms with Crippen LogP contribution in [0.1, 0.15) is 20.7 Å². The molecule has 1 aliphatic heterocycles. The maximum absolute atomic E-state index is 12.4. The van der Waals surface area contributed by atoms with Crippen LogP contribution < -0.4 is 10.6 Å². The van der Waals surface area contributed by atoms with Crippen molar-refractivity contribution in [2.45, 2.75) is 0 Å². The van der Waals surface area contributed by atoms with E-state index in [9.17, 15) is 14.4 Å². The van der Waals surface area contributed by atoms with Crippen molar-refractivity contribution in [2.75, 3.05) is 44.0 Å². The molecule has 0 aliphatic carbocycles. The topological polar surface area (TPSA) is 97.0 Å². The summed E-state index contributed by atoms with van der Waals surface area (Å²) in [6.45, 7) is 2.22. The van der Waals surface area contributed by atoms with E-state index in [2.05, 4.69) is 10.6 Å². The number of esters is 1. The summed E-state index contributed by atoms with van der Waals surface area (Å²) in [5, 5.41) is 5.30. The van der Waals surface area contributed by atoms with E-state index < -0.39 is 12.0 Å². The molecule has 1 fully saturated rings. The molecular formula is C20H21N3O5. The Morgan fingerprint density at radius 2 is 1.64 bits per heavy atom. The van der Waals surface area contributed by atoms with E-state index >= 15 is 0 Å². The molecule has 2 N–H and O–H groups in total. The Labute approximate surface area is 162 Å². The number of methoxy groups -OCH3 is 1. The zero-order valence-corrected chi connectivity index (χ0v) is 15.4. The highest BCUT2D eigenvalue weighted by atomic mass is 16.5. The summed E-state index contributed by atoms with van der Waals surface area (Å²) in [5.74, 6) is -0.604. The quantitative estimate of drug-likeness (QED) is 0.791. The maximum atomic E-state index is 12.4. The van der Waals surface area contributed by atoms with E-state index in [0.29, 0.717) is 43.2 Å². The van der Waals surface area contributed by atoms with Gasteiger partial charge in [-0.3, -0.25) is 4.79 Å². The number of nitrogens with zero attached hydrogens (tertiary/aromatic N) is 1. The van der Waals surface area contributed by atoms with Gasteiger partial charge in [0.25, 0.3) is 5.91 Å². The highest BCUT2D eigenvalue weighted by Gasteiger charge is 2.18. The molecule has 2 aromatic rings. The molecular weight excluding hydrogens is 362 g/mol. The fraction of sp³-hybridized carbons (Fsp3) is 0.250. The Bertz CT molecular complexity index is 860. The predicted octanol–water partition coefficient (Wildman–Crippen LogP) is 2.59. The van der Waals surface area contributed by atoms with Gasteiger partial charge in [0, 0.05) is 24.3 Å². The minimum atomic E-state index is -0.540. The van der Waals surface area contributed by atoms with Gasteiger partial charge in [0.05, 0.1) is 31.6 Å². The van der Waals surface area contributed by atoms with Crippen LogP contribution in [0.4, 0.5) is 16.2 Å². The molecule has 0 saturated carbocycles. The highest BCUT2D eigenvalue weighted by molar-refractivity contribution is 6.05. The molecule has 1 aliphatic rings. The van der Waals surface area contributed by atoms with E-state index in [1.165, 1.54) is 7.11 Å². The number of hydrogen-bond acceptors (Lipinski definition) is 5. The van der Waals surface area contributed by atoms with E-state index in [0.717, 1.165) is 0 Å². The first-order valence-electron chi connectivity index (χ1n) is 8.81. The van der Waals surface area contributed by atoms with Crippen LogP contribution in [0.25, 0.3) is 0 Å². The van der Waals surface area contributed by atoms with Crippen molar-refractivity contribution in [3.05, 3.63) is 59.7 Å². The molecule has 0 spiro atoms. The molecule has 3 amide bonds. The summed E-state index contributed by atoms with van der Waals surface area (Å²) in [4.78, 5) is 38.2. The van der Waals surface area contributed by atoms with Crippen LogP contribution in [-0.4, -0.2) is 56.2 Å². The van der Waals surface area contributed by atoms with Gasteiger partial charge < -0.3 is 25.0 Å². The molecule has 0 unspecified atom stereocenters. The molecule has 1 saturated heterocycles. The molecule has 1 heterocycles.